The molecule has 2 unspecified atom stereocenters. The Morgan fingerprint density at radius 1 is 1.32 bits per heavy atom. The molecule has 0 aliphatic rings. The Labute approximate surface area is 119 Å². The van der Waals surface area contributed by atoms with Gasteiger partial charge in [0.25, 0.3) is 0 Å². The van der Waals surface area contributed by atoms with Crippen molar-refractivity contribution in [1.82, 2.24) is 0 Å². The maximum absolute atomic E-state index is 10.5. The molecule has 1 aromatic carbocycles. The van der Waals surface area contributed by atoms with E-state index in [1.165, 1.54) is 0 Å². The molecule has 0 bridgehead atoms. The van der Waals surface area contributed by atoms with E-state index in [0.717, 1.165) is 31.1 Å². The summed E-state index contributed by atoms with van der Waals surface area (Å²) in [5.74, 6) is 0.880. The fourth-order valence-corrected chi connectivity index (χ4v) is 2.70. The number of aliphatic hydroxyl groups is 1. The van der Waals surface area contributed by atoms with E-state index in [9.17, 15) is 5.11 Å². The van der Waals surface area contributed by atoms with Crippen LogP contribution in [0.5, 0.6) is 0 Å². The van der Waals surface area contributed by atoms with Gasteiger partial charge in [-0.25, -0.2) is 0 Å². The Hall–Kier alpha value is -0.990. The van der Waals surface area contributed by atoms with Crippen molar-refractivity contribution in [1.29, 1.82) is 0 Å². The third-order valence-corrected chi connectivity index (χ3v) is 4.00. The quantitative estimate of drug-likeness (QED) is 0.775. The fraction of sp³-hybridized carbons (Fsp3) is 0.500. The zero-order valence-corrected chi connectivity index (χ0v) is 12.3. The highest BCUT2D eigenvalue weighted by molar-refractivity contribution is 6.34. The molecule has 0 radical (unpaired) electrons. The second-order valence-electron chi connectivity index (χ2n) is 5.06. The highest BCUT2D eigenvalue weighted by Crippen LogP contribution is 2.34. The van der Waals surface area contributed by atoms with Crippen LogP contribution >= 0.6 is 11.6 Å². The number of rotatable bonds is 6. The molecule has 104 valence electrons. The molecule has 19 heavy (non-hydrogen) atoms. The maximum atomic E-state index is 10.5. The molecule has 2 nitrogen and oxygen atoms in total. The Bertz CT molecular complexity index is 533. The molecule has 2 aromatic rings. The van der Waals surface area contributed by atoms with Crippen LogP contribution in [0, 0.1) is 5.92 Å². The molecular formula is C16H21ClO2. The number of furan rings is 1. The van der Waals surface area contributed by atoms with E-state index in [2.05, 4.69) is 13.8 Å². The Morgan fingerprint density at radius 3 is 2.74 bits per heavy atom. The number of aliphatic hydroxyl groups excluding tert-OH is 1. The molecule has 2 atom stereocenters. The van der Waals surface area contributed by atoms with Crippen molar-refractivity contribution in [3.63, 3.8) is 0 Å². The Kier molecular flexibility index (Phi) is 4.89. The molecule has 1 aromatic heterocycles. The molecular weight excluding hydrogens is 260 g/mol. The Morgan fingerprint density at radius 2 is 2.11 bits per heavy atom. The second kappa shape index (κ2) is 6.44. The van der Waals surface area contributed by atoms with Gasteiger partial charge in [0.05, 0.1) is 5.02 Å². The van der Waals surface area contributed by atoms with Crippen LogP contribution in [0.1, 0.15) is 51.4 Å². The number of fused-ring (bicyclic) bond motifs is 1. The lowest BCUT2D eigenvalue weighted by atomic mass is 9.92. The molecule has 1 N–H and O–H groups in total. The van der Waals surface area contributed by atoms with Gasteiger partial charge in [-0.1, -0.05) is 56.8 Å². The van der Waals surface area contributed by atoms with Crippen LogP contribution < -0.4 is 0 Å². The molecule has 0 aliphatic carbocycles. The number of hydrogen-bond acceptors (Lipinski definition) is 2. The highest BCUT2D eigenvalue weighted by atomic mass is 35.5. The molecule has 0 fully saturated rings. The van der Waals surface area contributed by atoms with E-state index < -0.39 is 6.10 Å². The van der Waals surface area contributed by atoms with Gasteiger partial charge in [0.1, 0.15) is 11.9 Å². The summed E-state index contributed by atoms with van der Waals surface area (Å²) in [6.45, 7) is 4.28. The van der Waals surface area contributed by atoms with Crippen molar-refractivity contribution < 1.29 is 9.52 Å². The van der Waals surface area contributed by atoms with Crippen LogP contribution in [0.2, 0.25) is 5.02 Å². The topological polar surface area (TPSA) is 33.4 Å². The third kappa shape index (κ3) is 3.13. The summed E-state index contributed by atoms with van der Waals surface area (Å²) in [4.78, 5) is 0. The predicted octanol–water partition coefficient (Wildman–Crippen LogP) is 5.34. The van der Waals surface area contributed by atoms with E-state index in [-0.39, 0.29) is 5.92 Å². The van der Waals surface area contributed by atoms with E-state index >= 15 is 0 Å². The summed E-state index contributed by atoms with van der Waals surface area (Å²) < 4.78 is 5.74. The molecule has 0 aliphatic heterocycles. The number of hydrogen-bond donors (Lipinski definition) is 1. The van der Waals surface area contributed by atoms with Crippen molar-refractivity contribution >= 4 is 22.6 Å². The lowest BCUT2D eigenvalue weighted by Gasteiger charge is -2.19. The van der Waals surface area contributed by atoms with E-state index in [0.29, 0.717) is 16.4 Å². The predicted molar refractivity (Wildman–Crippen MR) is 79.5 cm³/mol. The van der Waals surface area contributed by atoms with Crippen molar-refractivity contribution in [2.24, 2.45) is 5.92 Å². The van der Waals surface area contributed by atoms with Gasteiger partial charge in [0.15, 0.2) is 5.58 Å². The summed E-state index contributed by atoms with van der Waals surface area (Å²) in [6, 6.07) is 7.55. The summed E-state index contributed by atoms with van der Waals surface area (Å²) >= 11 is 6.10. The first kappa shape index (κ1) is 14.4. The first-order chi connectivity index (χ1) is 9.17. The molecule has 2 rings (SSSR count). The van der Waals surface area contributed by atoms with Crippen molar-refractivity contribution in [3.8, 4) is 0 Å². The summed E-state index contributed by atoms with van der Waals surface area (Å²) in [5.41, 5.74) is 0.670. The van der Waals surface area contributed by atoms with Gasteiger partial charge in [0, 0.05) is 5.39 Å². The van der Waals surface area contributed by atoms with Crippen molar-refractivity contribution in [2.45, 2.75) is 45.6 Å². The minimum atomic E-state index is -0.542. The first-order valence-corrected chi connectivity index (χ1v) is 7.41. The minimum absolute atomic E-state index is 0.249. The van der Waals surface area contributed by atoms with E-state index in [1.54, 1.807) is 6.07 Å². The van der Waals surface area contributed by atoms with Gasteiger partial charge >= 0.3 is 0 Å². The zero-order valence-electron chi connectivity index (χ0n) is 11.5. The smallest absolute Gasteiger partial charge is 0.152 e. The molecule has 0 spiro atoms. The molecule has 0 saturated heterocycles. The molecule has 0 amide bonds. The zero-order chi connectivity index (χ0) is 13.8. The van der Waals surface area contributed by atoms with Crippen molar-refractivity contribution in [2.75, 3.05) is 0 Å². The average Bonchev–Trinajstić information content (AvgIpc) is 2.85. The van der Waals surface area contributed by atoms with Gasteiger partial charge in [-0.05, 0) is 24.5 Å². The van der Waals surface area contributed by atoms with Gasteiger partial charge in [-0.2, -0.15) is 0 Å². The highest BCUT2D eigenvalue weighted by Gasteiger charge is 2.22. The Balaban J connectivity index is 2.24. The number of benzene rings is 1. The average molecular weight is 281 g/mol. The van der Waals surface area contributed by atoms with Gasteiger partial charge in [0.2, 0.25) is 0 Å². The van der Waals surface area contributed by atoms with Crippen LogP contribution in [0.4, 0.5) is 0 Å². The van der Waals surface area contributed by atoms with Gasteiger partial charge < -0.3 is 9.52 Å². The first-order valence-electron chi connectivity index (χ1n) is 7.03. The van der Waals surface area contributed by atoms with Gasteiger partial charge in [-0.15, -0.1) is 0 Å². The molecule has 0 saturated carbocycles. The standard InChI is InChI=1S/C16H21ClO2/c1-3-5-7-11(4-2)15(18)14-10-12-8-6-9-13(17)16(12)19-14/h6,8-11,15,18H,3-5,7H2,1-2H3. The van der Waals surface area contributed by atoms with Crippen molar-refractivity contribution in [3.05, 3.63) is 35.0 Å². The second-order valence-corrected chi connectivity index (χ2v) is 5.47. The van der Waals surface area contributed by atoms with Gasteiger partial charge in [-0.3, -0.25) is 0 Å². The van der Waals surface area contributed by atoms with Crippen LogP contribution in [0.25, 0.3) is 11.0 Å². The monoisotopic (exact) mass is 280 g/mol. The van der Waals surface area contributed by atoms with Crippen LogP contribution in [0.15, 0.2) is 28.7 Å². The lowest BCUT2D eigenvalue weighted by molar-refractivity contribution is 0.0793. The third-order valence-electron chi connectivity index (χ3n) is 3.71. The molecule has 1 heterocycles. The van der Waals surface area contributed by atoms with Crippen LogP contribution in [-0.4, -0.2) is 5.11 Å². The largest absolute Gasteiger partial charge is 0.457 e. The number of halogens is 1. The van der Waals surface area contributed by atoms with Crippen LogP contribution in [0.3, 0.4) is 0 Å². The maximum Gasteiger partial charge on any atom is 0.152 e. The van der Waals surface area contributed by atoms with E-state index in [1.807, 2.05) is 18.2 Å². The SMILES string of the molecule is CCCCC(CC)C(O)c1cc2cccc(Cl)c2o1. The summed E-state index contributed by atoms with van der Waals surface area (Å²) in [6.07, 6.45) is 3.72. The minimum Gasteiger partial charge on any atom is -0.457 e. The fourth-order valence-electron chi connectivity index (χ4n) is 2.48. The van der Waals surface area contributed by atoms with Crippen LogP contribution in [-0.2, 0) is 0 Å². The van der Waals surface area contributed by atoms with E-state index in [4.69, 9.17) is 16.0 Å². The number of para-hydroxylation sites is 1. The molecule has 3 heteroatoms. The number of unbranched alkanes of at least 4 members (excludes halogenated alkanes) is 1. The lowest BCUT2D eigenvalue weighted by Crippen LogP contribution is -2.11. The summed E-state index contributed by atoms with van der Waals surface area (Å²) in [5, 5.41) is 12.0. The summed E-state index contributed by atoms with van der Waals surface area (Å²) in [7, 11) is 0. The normalized spacial score (nSPS) is 14.7.